The van der Waals surface area contributed by atoms with Gasteiger partial charge >= 0.3 is 5.97 Å². The first-order valence-electron chi connectivity index (χ1n) is 11.9. The number of nitrogens with one attached hydrogen (secondary N) is 1. The highest BCUT2D eigenvalue weighted by molar-refractivity contribution is 5.91. The van der Waals surface area contributed by atoms with Crippen LogP contribution in [0.1, 0.15) is 62.0 Å². The highest BCUT2D eigenvalue weighted by Crippen LogP contribution is 2.24. The van der Waals surface area contributed by atoms with E-state index in [1.165, 1.54) is 0 Å². The molecule has 0 aliphatic carbocycles. The van der Waals surface area contributed by atoms with Gasteiger partial charge in [-0.25, -0.2) is 4.79 Å². The zero-order valence-electron chi connectivity index (χ0n) is 20.8. The Hall–Kier alpha value is -3.55. The third-order valence-electron chi connectivity index (χ3n) is 6.25. The normalized spacial score (nSPS) is 18.3. The number of para-hydroxylation sites is 1. The molecular formula is C27H34N2O6. The molecule has 8 heteroatoms. The minimum absolute atomic E-state index is 0.0402. The molecule has 0 spiro atoms. The fraction of sp³-hybridized carbons (Fsp3) is 0.444. The first-order valence-corrected chi connectivity index (χ1v) is 11.9. The van der Waals surface area contributed by atoms with E-state index in [2.05, 4.69) is 19.2 Å². The van der Waals surface area contributed by atoms with Crippen LogP contribution in [-0.4, -0.2) is 55.1 Å². The SMILES string of the molecule is COc1ccccc1C(C)NC(=O)COC(=O)c1ccc(OCC(=O)N2C(C)CCCC2C)cc1. The van der Waals surface area contributed by atoms with Crippen LogP contribution < -0.4 is 14.8 Å². The number of carbonyl (C=O) groups excluding carboxylic acids is 3. The van der Waals surface area contributed by atoms with E-state index < -0.39 is 18.5 Å². The minimum Gasteiger partial charge on any atom is -0.496 e. The van der Waals surface area contributed by atoms with Crippen molar-refractivity contribution in [2.24, 2.45) is 0 Å². The quantitative estimate of drug-likeness (QED) is 0.545. The van der Waals surface area contributed by atoms with Crippen LogP contribution in [0.2, 0.25) is 0 Å². The fourth-order valence-electron chi connectivity index (χ4n) is 4.42. The molecule has 3 rings (SSSR count). The molecule has 2 aromatic carbocycles. The summed E-state index contributed by atoms with van der Waals surface area (Å²) < 4.78 is 16.1. The standard InChI is InChI=1S/C27H34N2O6/c1-18-8-7-9-19(2)29(18)26(31)17-34-22-14-12-21(13-15-22)27(32)35-16-25(30)28-20(3)23-10-5-6-11-24(23)33-4/h5-6,10-15,18-20H,7-9,16-17H2,1-4H3,(H,28,30). The van der Waals surface area contributed by atoms with Gasteiger partial charge in [0, 0.05) is 17.6 Å². The Bertz CT molecular complexity index is 1010. The van der Waals surface area contributed by atoms with E-state index in [0.717, 1.165) is 24.8 Å². The van der Waals surface area contributed by atoms with Gasteiger partial charge in [0.25, 0.3) is 11.8 Å². The van der Waals surface area contributed by atoms with E-state index in [1.54, 1.807) is 31.4 Å². The van der Waals surface area contributed by atoms with E-state index in [1.807, 2.05) is 36.1 Å². The average molecular weight is 483 g/mol. The number of amides is 2. The molecule has 1 saturated heterocycles. The maximum absolute atomic E-state index is 12.6. The van der Waals surface area contributed by atoms with Crippen molar-refractivity contribution in [2.45, 2.75) is 58.2 Å². The van der Waals surface area contributed by atoms with Crippen molar-refractivity contribution in [1.82, 2.24) is 10.2 Å². The van der Waals surface area contributed by atoms with Gasteiger partial charge in [-0.3, -0.25) is 9.59 Å². The van der Waals surface area contributed by atoms with Crippen molar-refractivity contribution in [1.29, 1.82) is 0 Å². The van der Waals surface area contributed by atoms with Crippen molar-refractivity contribution in [3.05, 3.63) is 59.7 Å². The molecule has 3 atom stereocenters. The van der Waals surface area contributed by atoms with Crippen LogP contribution in [0.3, 0.4) is 0 Å². The summed E-state index contributed by atoms with van der Waals surface area (Å²) in [5.74, 6) is 0.0680. The average Bonchev–Trinajstić information content (AvgIpc) is 2.86. The van der Waals surface area contributed by atoms with Crippen molar-refractivity contribution >= 4 is 17.8 Å². The smallest absolute Gasteiger partial charge is 0.338 e. The first-order chi connectivity index (χ1) is 16.8. The predicted molar refractivity (Wildman–Crippen MR) is 131 cm³/mol. The Morgan fingerprint density at radius 3 is 2.31 bits per heavy atom. The molecule has 0 bridgehead atoms. The van der Waals surface area contributed by atoms with E-state index in [4.69, 9.17) is 14.2 Å². The lowest BCUT2D eigenvalue weighted by Crippen LogP contribution is -2.49. The van der Waals surface area contributed by atoms with Gasteiger partial charge in [0.1, 0.15) is 11.5 Å². The summed E-state index contributed by atoms with van der Waals surface area (Å²) in [6.07, 6.45) is 3.14. The van der Waals surface area contributed by atoms with E-state index in [-0.39, 0.29) is 36.2 Å². The van der Waals surface area contributed by atoms with Gasteiger partial charge in [-0.05, 0) is 70.4 Å². The van der Waals surface area contributed by atoms with Gasteiger partial charge in [0.15, 0.2) is 13.2 Å². The molecule has 1 N–H and O–H groups in total. The highest BCUT2D eigenvalue weighted by atomic mass is 16.5. The topological polar surface area (TPSA) is 94.2 Å². The van der Waals surface area contributed by atoms with E-state index >= 15 is 0 Å². The van der Waals surface area contributed by atoms with Crippen molar-refractivity contribution in [2.75, 3.05) is 20.3 Å². The van der Waals surface area contributed by atoms with Crippen molar-refractivity contribution < 1.29 is 28.6 Å². The van der Waals surface area contributed by atoms with Gasteiger partial charge in [-0.15, -0.1) is 0 Å². The molecule has 1 aliphatic rings. The van der Waals surface area contributed by atoms with Crippen LogP contribution in [0.4, 0.5) is 0 Å². The number of rotatable bonds is 9. The molecule has 2 aromatic rings. The third kappa shape index (κ3) is 6.97. The molecule has 0 saturated carbocycles. The van der Waals surface area contributed by atoms with Gasteiger partial charge in [-0.1, -0.05) is 18.2 Å². The maximum Gasteiger partial charge on any atom is 0.338 e. The lowest BCUT2D eigenvalue weighted by molar-refractivity contribution is -0.139. The summed E-state index contributed by atoms with van der Waals surface area (Å²) in [6, 6.07) is 13.8. The van der Waals surface area contributed by atoms with Crippen LogP contribution in [0.5, 0.6) is 11.5 Å². The van der Waals surface area contributed by atoms with Crippen molar-refractivity contribution in [3.8, 4) is 11.5 Å². The number of hydrogen-bond donors (Lipinski definition) is 1. The number of methoxy groups -OCH3 is 1. The number of likely N-dealkylation sites (tertiary alicyclic amines) is 1. The van der Waals surface area contributed by atoms with Gasteiger partial charge in [-0.2, -0.15) is 0 Å². The Labute approximate surface area is 206 Å². The Morgan fingerprint density at radius 2 is 1.66 bits per heavy atom. The summed E-state index contributed by atoms with van der Waals surface area (Å²) in [5.41, 5.74) is 1.11. The lowest BCUT2D eigenvalue weighted by atomic mass is 9.97. The summed E-state index contributed by atoms with van der Waals surface area (Å²) in [7, 11) is 1.57. The number of carbonyl (C=O) groups is 3. The second kappa shape index (κ2) is 12.2. The molecule has 1 fully saturated rings. The third-order valence-corrected chi connectivity index (χ3v) is 6.25. The minimum atomic E-state index is -0.622. The van der Waals surface area contributed by atoms with Crippen molar-refractivity contribution in [3.63, 3.8) is 0 Å². The maximum atomic E-state index is 12.6. The van der Waals surface area contributed by atoms with E-state index in [0.29, 0.717) is 11.5 Å². The molecule has 0 aromatic heterocycles. The Morgan fingerprint density at radius 1 is 1.00 bits per heavy atom. The molecule has 1 heterocycles. The first kappa shape index (κ1) is 26.1. The molecule has 8 nitrogen and oxygen atoms in total. The van der Waals surface area contributed by atoms with Crippen LogP contribution in [-0.2, 0) is 14.3 Å². The highest BCUT2D eigenvalue weighted by Gasteiger charge is 2.29. The monoisotopic (exact) mass is 482 g/mol. The second-order valence-electron chi connectivity index (χ2n) is 8.85. The fourth-order valence-corrected chi connectivity index (χ4v) is 4.42. The number of hydrogen-bond acceptors (Lipinski definition) is 6. The van der Waals surface area contributed by atoms with Gasteiger partial charge in [0.2, 0.25) is 0 Å². The summed E-state index contributed by atoms with van der Waals surface area (Å²) in [5, 5.41) is 2.80. The Balaban J connectivity index is 1.45. The number of nitrogens with zero attached hydrogens (tertiary/aromatic N) is 1. The van der Waals surface area contributed by atoms with Crippen LogP contribution >= 0.6 is 0 Å². The lowest BCUT2D eigenvalue weighted by Gasteiger charge is -2.38. The molecular weight excluding hydrogens is 448 g/mol. The van der Waals surface area contributed by atoms with E-state index in [9.17, 15) is 14.4 Å². The summed E-state index contributed by atoms with van der Waals surface area (Å²) in [6.45, 7) is 5.49. The zero-order chi connectivity index (χ0) is 25.4. The molecule has 3 unspecified atom stereocenters. The predicted octanol–water partition coefficient (Wildman–Crippen LogP) is 3.90. The number of piperidine rings is 1. The summed E-state index contributed by atoms with van der Waals surface area (Å²) in [4.78, 5) is 39.1. The number of benzene rings is 2. The molecule has 188 valence electrons. The van der Waals surface area contributed by atoms with Gasteiger partial charge in [0.05, 0.1) is 18.7 Å². The number of ether oxygens (including phenoxy) is 3. The molecule has 2 amide bonds. The Kier molecular flexibility index (Phi) is 9.11. The second-order valence-corrected chi connectivity index (χ2v) is 8.85. The largest absolute Gasteiger partial charge is 0.496 e. The zero-order valence-corrected chi connectivity index (χ0v) is 20.8. The van der Waals surface area contributed by atoms with Crippen LogP contribution in [0.25, 0.3) is 0 Å². The van der Waals surface area contributed by atoms with Gasteiger partial charge < -0.3 is 24.4 Å². The molecule has 1 aliphatic heterocycles. The molecule has 35 heavy (non-hydrogen) atoms. The number of esters is 1. The van der Waals surface area contributed by atoms with Crippen LogP contribution in [0.15, 0.2) is 48.5 Å². The summed E-state index contributed by atoms with van der Waals surface area (Å²) >= 11 is 0. The van der Waals surface area contributed by atoms with Crippen LogP contribution in [0, 0.1) is 0 Å². The molecule has 0 radical (unpaired) electrons.